The number of fused-ring (bicyclic) bond motifs is 1. The molecular weight excluding hydrogens is 287 g/mol. The Morgan fingerprint density at radius 3 is 2.58 bits per heavy atom. The van der Waals surface area contributed by atoms with Crippen LogP contribution < -0.4 is 15.4 Å². The van der Waals surface area contributed by atoms with Crippen LogP contribution in [-0.4, -0.2) is 31.6 Å². The summed E-state index contributed by atoms with van der Waals surface area (Å²) in [5.41, 5.74) is 0. The lowest BCUT2D eigenvalue weighted by Crippen LogP contribution is -2.35. The first-order valence-electron chi connectivity index (χ1n) is 6.12. The molecule has 1 saturated carbocycles. The average Bonchev–Trinajstić information content (AvgIpc) is 2.81. The van der Waals surface area contributed by atoms with E-state index in [1.165, 1.54) is 0 Å². The molecule has 0 aromatic heterocycles. The second-order valence-electron chi connectivity index (χ2n) is 4.82. The lowest BCUT2D eigenvalue weighted by molar-refractivity contribution is -0.123. The Balaban J connectivity index is 0.00000133. The van der Waals surface area contributed by atoms with Crippen molar-refractivity contribution in [2.45, 2.75) is 6.04 Å². The van der Waals surface area contributed by atoms with Gasteiger partial charge >= 0.3 is 0 Å². The molecule has 104 valence electrons. The van der Waals surface area contributed by atoms with Crippen LogP contribution in [0.25, 0.3) is 0 Å². The number of hydrogen-bond donors (Lipinski definition) is 2. The highest BCUT2D eigenvalue weighted by Gasteiger charge is 2.53. The maximum atomic E-state index is 11.7. The Kier molecular flexibility index (Phi) is 4.55. The van der Waals surface area contributed by atoms with Crippen molar-refractivity contribution in [1.29, 1.82) is 0 Å². The molecule has 2 N–H and O–H groups in total. The maximum absolute atomic E-state index is 11.7. The van der Waals surface area contributed by atoms with Crippen LogP contribution in [0.4, 0.5) is 0 Å². The molecule has 6 heteroatoms. The zero-order valence-corrected chi connectivity index (χ0v) is 11.8. The van der Waals surface area contributed by atoms with Crippen LogP contribution in [0.2, 0.25) is 5.02 Å². The van der Waals surface area contributed by atoms with Gasteiger partial charge in [0.05, 0.1) is 0 Å². The molecule has 0 radical (unpaired) electrons. The maximum Gasteiger partial charge on any atom is 0.258 e. The van der Waals surface area contributed by atoms with Crippen molar-refractivity contribution < 1.29 is 9.53 Å². The Morgan fingerprint density at radius 1 is 1.32 bits per heavy atom. The van der Waals surface area contributed by atoms with Gasteiger partial charge in [0.1, 0.15) is 5.75 Å². The molecule has 2 aliphatic rings. The number of piperidine rings is 1. The van der Waals surface area contributed by atoms with E-state index in [0.717, 1.165) is 13.1 Å². The number of rotatable bonds is 4. The lowest BCUT2D eigenvalue weighted by atomic mass is 10.3. The molecule has 1 heterocycles. The first-order chi connectivity index (χ1) is 8.74. The van der Waals surface area contributed by atoms with E-state index in [0.29, 0.717) is 28.6 Å². The summed E-state index contributed by atoms with van der Waals surface area (Å²) in [4.78, 5) is 11.7. The third-order valence-corrected chi connectivity index (χ3v) is 3.85. The molecule has 2 fully saturated rings. The second-order valence-corrected chi connectivity index (χ2v) is 5.26. The molecule has 4 nitrogen and oxygen atoms in total. The van der Waals surface area contributed by atoms with Gasteiger partial charge < -0.3 is 15.4 Å². The first-order valence-corrected chi connectivity index (χ1v) is 6.50. The van der Waals surface area contributed by atoms with Crippen molar-refractivity contribution in [3.63, 3.8) is 0 Å². The summed E-state index contributed by atoms with van der Waals surface area (Å²) in [6.45, 7) is 2.10. The fourth-order valence-corrected chi connectivity index (χ4v) is 2.67. The zero-order chi connectivity index (χ0) is 12.5. The van der Waals surface area contributed by atoms with Crippen molar-refractivity contribution in [2.75, 3.05) is 19.7 Å². The number of carbonyl (C=O) groups is 1. The highest BCUT2D eigenvalue weighted by Crippen LogP contribution is 2.41. The fraction of sp³-hybridized carbons (Fsp3) is 0.462. The van der Waals surface area contributed by atoms with E-state index in [1.807, 2.05) is 0 Å². The lowest BCUT2D eigenvalue weighted by Gasteiger charge is -2.09. The van der Waals surface area contributed by atoms with Crippen molar-refractivity contribution >= 4 is 29.9 Å². The van der Waals surface area contributed by atoms with Gasteiger partial charge in [0, 0.05) is 24.2 Å². The van der Waals surface area contributed by atoms with Crippen molar-refractivity contribution in [2.24, 2.45) is 11.8 Å². The van der Waals surface area contributed by atoms with E-state index in [2.05, 4.69) is 10.6 Å². The minimum atomic E-state index is -0.0515. The number of amides is 1. The van der Waals surface area contributed by atoms with E-state index < -0.39 is 0 Å². The van der Waals surface area contributed by atoms with E-state index in [9.17, 15) is 4.79 Å². The first kappa shape index (κ1) is 14.4. The molecule has 1 aromatic carbocycles. The SMILES string of the molecule is Cl.O=C(COc1ccc(Cl)cc1)NC1C2CNCC21. The third kappa shape index (κ3) is 3.32. The number of ether oxygens (including phenoxy) is 1. The zero-order valence-electron chi connectivity index (χ0n) is 10.3. The van der Waals surface area contributed by atoms with Crippen LogP contribution in [0, 0.1) is 11.8 Å². The van der Waals surface area contributed by atoms with Crippen LogP contribution in [0.1, 0.15) is 0 Å². The Morgan fingerprint density at radius 2 is 1.95 bits per heavy atom. The third-order valence-electron chi connectivity index (χ3n) is 3.60. The van der Waals surface area contributed by atoms with Gasteiger partial charge in [-0.1, -0.05) is 11.6 Å². The van der Waals surface area contributed by atoms with Gasteiger partial charge in [-0.15, -0.1) is 12.4 Å². The van der Waals surface area contributed by atoms with Gasteiger partial charge in [-0.2, -0.15) is 0 Å². The standard InChI is InChI=1S/C13H15ClN2O2.ClH/c14-8-1-3-9(4-2-8)18-7-12(17)16-13-10-5-15-6-11(10)13;/h1-4,10-11,13,15H,5-7H2,(H,16,17);1H. The largest absolute Gasteiger partial charge is 0.484 e. The molecule has 1 aliphatic heterocycles. The van der Waals surface area contributed by atoms with Gasteiger partial charge in [-0.3, -0.25) is 4.79 Å². The van der Waals surface area contributed by atoms with Gasteiger partial charge in [-0.05, 0) is 36.1 Å². The van der Waals surface area contributed by atoms with E-state index in [4.69, 9.17) is 16.3 Å². The predicted octanol–water partition coefficient (Wildman–Crippen LogP) is 1.47. The Labute approximate surface area is 123 Å². The van der Waals surface area contributed by atoms with Gasteiger partial charge in [0.2, 0.25) is 0 Å². The Hall–Kier alpha value is -0.970. The van der Waals surface area contributed by atoms with Gasteiger partial charge in [-0.25, -0.2) is 0 Å². The van der Waals surface area contributed by atoms with Crippen LogP contribution in [0.5, 0.6) is 5.75 Å². The normalized spacial score (nSPS) is 27.1. The topological polar surface area (TPSA) is 50.4 Å². The molecule has 1 aromatic rings. The highest BCUT2D eigenvalue weighted by molar-refractivity contribution is 6.30. The van der Waals surface area contributed by atoms with Gasteiger partial charge in [0.25, 0.3) is 5.91 Å². The minimum absolute atomic E-state index is 0. The Bertz CT molecular complexity index is 442. The summed E-state index contributed by atoms with van der Waals surface area (Å²) in [7, 11) is 0. The molecule has 0 spiro atoms. The summed E-state index contributed by atoms with van der Waals surface area (Å²) in [6.07, 6.45) is 0. The molecule has 19 heavy (non-hydrogen) atoms. The van der Waals surface area contributed by atoms with Crippen molar-refractivity contribution in [3.05, 3.63) is 29.3 Å². The predicted molar refractivity (Wildman–Crippen MR) is 76.0 cm³/mol. The summed E-state index contributed by atoms with van der Waals surface area (Å²) >= 11 is 5.77. The quantitative estimate of drug-likeness (QED) is 0.886. The van der Waals surface area contributed by atoms with E-state index in [-0.39, 0.29) is 24.9 Å². The molecule has 1 amide bonds. The molecule has 1 aliphatic carbocycles. The van der Waals surface area contributed by atoms with E-state index in [1.54, 1.807) is 24.3 Å². The summed E-state index contributed by atoms with van der Waals surface area (Å²) in [6, 6.07) is 7.35. The number of carbonyl (C=O) groups excluding carboxylic acids is 1. The second kappa shape index (κ2) is 5.99. The number of hydrogen-bond acceptors (Lipinski definition) is 3. The summed E-state index contributed by atoms with van der Waals surface area (Å²) in [5.74, 6) is 1.87. The minimum Gasteiger partial charge on any atom is -0.484 e. The van der Waals surface area contributed by atoms with Crippen LogP contribution >= 0.6 is 24.0 Å². The fourth-order valence-electron chi connectivity index (χ4n) is 2.54. The van der Waals surface area contributed by atoms with Crippen LogP contribution in [-0.2, 0) is 4.79 Å². The molecule has 1 saturated heterocycles. The summed E-state index contributed by atoms with van der Waals surface area (Å²) < 4.78 is 5.39. The summed E-state index contributed by atoms with van der Waals surface area (Å²) in [5, 5.41) is 6.96. The molecule has 3 rings (SSSR count). The van der Waals surface area contributed by atoms with Crippen molar-refractivity contribution in [1.82, 2.24) is 10.6 Å². The van der Waals surface area contributed by atoms with E-state index >= 15 is 0 Å². The monoisotopic (exact) mass is 302 g/mol. The van der Waals surface area contributed by atoms with Gasteiger partial charge in [0.15, 0.2) is 6.61 Å². The molecular formula is C13H16Cl2N2O2. The number of benzene rings is 1. The highest BCUT2D eigenvalue weighted by atomic mass is 35.5. The van der Waals surface area contributed by atoms with Crippen LogP contribution in [0.3, 0.4) is 0 Å². The number of halogens is 2. The molecule has 2 unspecified atom stereocenters. The van der Waals surface area contributed by atoms with Crippen molar-refractivity contribution in [3.8, 4) is 5.75 Å². The molecule has 2 atom stereocenters. The van der Waals surface area contributed by atoms with Crippen LogP contribution in [0.15, 0.2) is 24.3 Å². The average molecular weight is 303 g/mol. The number of nitrogens with one attached hydrogen (secondary N) is 2. The molecule has 0 bridgehead atoms. The smallest absolute Gasteiger partial charge is 0.258 e.